The number of amides is 3. The van der Waals surface area contributed by atoms with Gasteiger partial charge in [-0.25, -0.2) is 8.78 Å². The topological polar surface area (TPSA) is 123 Å². The number of carbonyl (C=O) groups is 3. The van der Waals surface area contributed by atoms with Crippen molar-refractivity contribution in [3.05, 3.63) is 34.9 Å². The number of rotatable bonds is 6. The second-order valence-electron chi connectivity index (χ2n) is 9.15. The van der Waals surface area contributed by atoms with Gasteiger partial charge in [-0.15, -0.1) is 0 Å². The molecule has 3 N–H and O–H groups in total. The minimum absolute atomic E-state index is 0.0368. The summed E-state index contributed by atoms with van der Waals surface area (Å²) >= 11 is 5.95. The molecule has 11 heteroatoms. The van der Waals surface area contributed by atoms with Crippen molar-refractivity contribution in [1.29, 1.82) is 5.26 Å². The Morgan fingerprint density at radius 3 is 2.74 bits per heavy atom. The van der Waals surface area contributed by atoms with E-state index in [1.165, 1.54) is 12.1 Å². The molecule has 3 aliphatic heterocycles. The molecule has 6 atom stereocenters. The predicted molar refractivity (Wildman–Crippen MR) is 116 cm³/mol. The number of alkyl halides is 2. The van der Waals surface area contributed by atoms with Crippen LogP contribution in [-0.2, 0) is 14.4 Å². The van der Waals surface area contributed by atoms with Gasteiger partial charge in [0.25, 0.3) is 11.8 Å². The van der Waals surface area contributed by atoms with E-state index in [9.17, 15) is 33.5 Å². The van der Waals surface area contributed by atoms with Crippen LogP contribution in [-0.4, -0.2) is 58.3 Å². The number of hydrogen-bond donors (Lipinski definition) is 3. The Morgan fingerprint density at radius 2 is 2.12 bits per heavy atom. The van der Waals surface area contributed by atoms with Gasteiger partial charge in [0, 0.05) is 29.9 Å². The molecule has 3 amide bonds. The van der Waals surface area contributed by atoms with Gasteiger partial charge in [0.1, 0.15) is 12.1 Å². The number of carbonyl (C=O) groups excluding carboxylic acids is 3. The van der Waals surface area contributed by atoms with Crippen LogP contribution < -0.4 is 10.6 Å². The molecule has 1 aliphatic carbocycles. The van der Waals surface area contributed by atoms with E-state index in [4.69, 9.17) is 11.6 Å². The van der Waals surface area contributed by atoms with Crippen LogP contribution in [0.3, 0.4) is 0 Å². The van der Waals surface area contributed by atoms with Crippen molar-refractivity contribution in [2.45, 2.75) is 62.3 Å². The fourth-order valence-corrected chi connectivity index (χ4v) is 5.54. The van der Waals surface area contributed by atoms with Crippen molar-refractivity contribution in [2.24, 2.45) is 11.8 Å². The minimum Gasteiger partial charge on any atom is -0.378 e. The zero-order chi connectivity index (χ0) is 24.6. The van der Waals surface area contributed by atoms with Crippen molar-refractivity contribution in [3.63, 3.8) is 0 Å². The van der Waals surface area contributed by atoms with E-state index in [1.807, 2.05) is 6.07 Å². The summed E-state index contributed by atoms with van der Waals surface area (Å²) in [5.41, 5.74) is 0.187. The number of halogens is 3. The van der Waals surface area contributed by atoms with Crippen LogP contribution in [0, 0.1) is 23.2 Å². The summed E-state index contributed by atoms with van der Waals surface area (Å²) in [4.78, 5) is 39.4. The highest BCUT2D eigenvalue weighted by molar-refractivity contribution is 6.30. The SMILES string of the molecule is N#C[C@@H](C[C@@H]1CCNC1=O)NC(=O)[C@H]1[C@H]2CC[C@H](CC2(F)F)N1C(=O)[C@@H](O)c1cccc(Cl)c1. The highest BCUT2D eigenvalue weighted by Crippen LogP contribution is 2.49. The third-order valence-corrected chi connectivity index (χ3v) is 7.25. The molecule has 4 aliphatic rings. The number of aliphatic hydroxyl groups excluding tert-OH is 1. The largest absolute Gasteiger partial charge is 0.378 e. The molecule has 1 aromatic carbocycles. The van der Waals surface area contributed by atoms with Gasteiger partial charge in [-0.1, -0.05) is 23.7 Å². The molecule has 5 rings (SSSR count). The Morgan fingerprint density at radius 1 is 1.35 bits per heavy atom. The van der Waals surface area contributed by atoms with E-state index in [2.05, 4.69) is 10.6 Å². The Labute approximate surface area is 200 Å². The lowest BCUT2D eigenvalue weighted by molar-refractivity contribution is -0.198. The van der Waals surface area contributed by atoms with E-state index in [-0.39, 0.29) is 35.8 Å². The molecule has 4 fully saturated rings. The van der Waals surface area contributed by atoms with Gasteiger partial charge in [0.2, 0.25) is 11.8 Å². The van der Waals surface area contributed by atoms with Crippen molar-refractivity contribution in [3.8, 4) is 6.07 Å². The Bertz CT molecular complexity index is 1030. The summed E-state index contributed by atoms with van der Waals surface area (Å²) in [7, 11) is 0. The first-order valence-electron chi connectivity index (χ1n) is 11.2. The van der Waals surface area contributed by atoms with E-state index in [0.29, 0.717) is 13.0 Å². The van der Waals surface area contributed by atoms with Crippen LogP contribution in [0.1, 0.15) is 43.8 Å². The molecule has 2 bridgehead atoms. The summed E-state index contributed by atoms with van der Waals surface area (Å²) in [6, 6.07) is 4.35. The lowest BCUT2D eigenvalue weighted by Gasteiger charge is -2.54. The molecule has 1 saturated carbocycles. The quantitative estimate of drug-likeness (QED) is 0.557. The smallest absolute Gasteiger partial charge is 0.256 e. The summed E-state index contributed by atoms with van der Waals surface area (Å²) in [6.07, 6.45) is -1.41. The van der Waals surface area contributed by atoms with Crippen molar-refractivity contribution < 1.29 is 28.3 Å². The minimum atomic E-state index is -3.17. The first kappa shape index (κ1) is 24.4. The van der Waals surface area contributed by atoms with Crippen LogP contribution in [0.2, 0.25) is 5.02 Å². The lowest BCUT2D eigenvalue weighted by Crippen LogP contribution is -2.69. The Balaban J connectivity index is 1.58. The average molecular weight is 495 g/mol. The molecule has 8 nitrogen and oxygen atoms in total. The molecular formula is C23H25ClF2N4O4. The first-order valence-corrected chi connectivity index (χ1v) is 11.6. The van der Waals surface area contributed by atoms with Gasteiger partial charge in [-0.05, 0) is 43.4 Å². The van der Waals surface area contributed by atoms with Crippen LogP contribution in [0.4, 0.5) is 8.78 Å². The van der Waals surface area contributed by atoms with E-state index in [0.717, 1.165) is 4.90 Å². The van der Waals surface area contributed by atoms with E-state index >= 15 is 0 Å². The fourth-order valence-electron chi connectivity index (χ4n) is 5.34. The van der Waals surface area contributed by atoms with Gasteiger partial charge in [-0.2, -0.15) is 5.26 Å². The highest BCUT2D eigenvalue weighted by Gasteiger charge is 2.61. The van der Waals surface area contributed by atoms with E-state index in [1.54, 1.807) is 12.1 Å². The molecule has 0 aromatic heterocycles. The number of fused-ring (bicyclic) bond motifs is 3. The molecular weight excluding hydrogens is 470 g/mol. The maximum absolute atomic E-state index is 14.8. The number of hydrogen-bond acceptors (Lipinski definition) is 5. The van der Waals surface area contributed by atoms with Crippen molar-refractivity contribution in [2.75, 3.05) is 6.54 Å². The van der Waals surface area contributed by atoms with E-state index < -0.39 is 60.2 Å². The summed E-state index contributed by atoms with van der Waals surface area (Å²) < 4.78 is 29.6. The van der Waals surface area contributed by atoms with Crippen LogP contribution in [0.25, 0.3) is 0 Å². The summed E-state index contributed by atoms with van der Waals surface area (Å²) in [6.45, 7) is 0.470. The molecule has 0 unspecified atom stereocenters. The van der Waals surface area contributed by atoms with Gasteiger partial charge in [0.15, 0.2) is 6.10 Å². The number of benzene rings is 1. The lowest BCUT2D eigenvalue weighted by atomic mass is 9.71. The summed E-state index contributed by atoms with van der Waals surface area (Å²) in [5, 5.41) is 25.6. The van der Waals surface area contributed by atoms with Crippen LogP contribution >= 0.6 is 11.6 Å². The van der Waals surface area contributed by atoms with Crippen LogP contribution in [0.15, 0.2) is 24.3 Å². The van der Waals surface area contributed by atoms with Gasteiger partial charge < -0.3 is 20.6 Å². The fraction of sp³-hybridized carbons (Fsp3) is 0.565. The third kappa shape index (κ3) is 4.59. The average Bonchev–Trinajstić information content (AvgIpc) is 3.20. The molecule has 3 heterocycles. The normalized spacial score (nSPS) is 29.1. The second kappa shape index (κ2) is 9.47. The Kier molecular flexibility index (Phi) is 6.78. The van der Waals surface area contributed by atoms with Gasteiger partial charge >= 0.3 is 0 Å². The zero-order valence-electron chi connectivity index (χ0n) is 18.2. The van der Waals surface area contributed by atoms with Gasteiger partial charge in [-0.3, -0.25) is 14.4 Å². The molecule has 34 heavy (non-hydrogen) atoms. The number of nitriles is 1. The highest BCUT2D eigenvalue weighted by atomic mass is 35.5. The van der Waals surface area contributed by atoms with Crippen molar-refractivity contribution in [1.82, 2.24) is 15.5 Å². The zero-order valence-corrected chi connectivity index (χ0v) is 19.0. The molecule has 0 spiro atoms. The molecule has 3 saturated heterocycles. The standard InChI is InChI=1S/C23H25ClF2N4O4/c24-14-3-1-2-12(8-14)19(31)22(34)30-16-4-5-17(23(25,26)10-16)18(30)21(33)29-15(11-27)9-13-6-7-28-20(13)32/h1-3,8,13,15-19,31H,4-7,9-10H2,(H,28,32)(H,29,33)/t13-,15+,16+,17+,18+,19-/m0/s1. The molecule has 182 valence electrons. The Hall–Kier alpha value is -2.77. The number of nitrogens with one attached hydrogen (secondary N) is 2. The van der Waals surface area contributed by atoms with Gasteiger partial charge in [0.05, 0.1) is 12.0 Å². The van der Waals surface area contributed by atoms with Crippen molar-refractivity contribution >= 4 is 29.3 Å². The third-order valence-electron chi connectivity index (χ3n) is 7.01. The maximum Gasteiger partial charge on any atom is 0.256 e. The summed E-state index contributed by atoms with van der Waals surface area (Å²) in [5.74, 6) is -7.05. The predicted octanol–water partition coefficient (Wildman–Crippen LogP) is 1.92. The second-order valence-corrected chi connectivity index (χ2v) is 9.59. The first-order chi connectivity index (χ1) is 16.1. The number of aliphatic hydroxyl groups is 1. The monoisotopic (exact) mass is 494 g/mol. The molecule has 1 aromatic rings. The number of nitrogens with zero attached hydrogens (tertiary/aromatic N) is 2. The maximum atomic E-state index is 14.8. The number of piperidine rings is 2. The molecule has 0 radical (unpaired) electrons. The van der Waals surface area contributed by atoms with Crippen LogP contribution in [0.5, 0.6) is 0 Å².